The molecule has 0 spiro atoms. The molecule has 5 aliphatic carbocycles. The maximum Gasteiger partial charge on any atom is 0.167 e. The van der Waals surface area contributed by atoms with Crippen molar-refractivity contribution in [3.8, 4) is 0 Å². The number of aliphatic hydroxyl groups excluding tert-OH is 1. The van der Waals surface area contributed by atoms with Crippen LogP contribution in [0.2, 0.25) is 0 Å². The van der Waals surface area contributed by atoms with E-state index in [0.717, 1.165) is 38.5 Å². The highest BCUT2D eigenvalue weighted by molar-refractivity contribution is 5.91. The van der Waals surface area contributed by atoms with Crippen LogP contribution in [0.4, 0.5) is 0 Å². The highest BCUT2D eigenvalue weighted by Crippen LogP contribution is 2.81. The second-order valence-electron chi connectivity index (χ2n) is 10.3. The summed E-state index contributed by atoms with van der Waals surface area (Å²) >= 11 is 0. The predicted molar refractivity (Wildman–Crippen MR) is 99.4 cm³/mol. The molecule has 3 nitrogen and oxygen atoms in total. The Morgan fingerprint density at radius 1 is 1.12 bits per heavy atom. The van der Waals surface area contributed by atoms with E-state index in [-0.39, 0.29) is 16.6 Å². The summed E-state index contributed by atoms with van der Waals surface area (Å²) in [6.45, 7) is 4.07. The molecule has 142 valence electrons. The van der Waals surface area contributed by atoms with Gasteiger partial charge in [0.15, 0.2) is 11.6 Å². The second kappa shape index (κ2) is 5.31. The summed E-state index contributed by atoms with van der Waals surface area (Å²) in [7, 11) is 0. The minimum absolute atomic E-state index is 0.0704. The topological polar surface area (TPSA) is 54.4 Å². The molecule has 4 saturated carbocycles. The molecule has 0 aromatic carbocycles. The highest BCUT2D eigenvalue weighted by atomic mass is 16.3. The van der Waals surface area contributed by atoms with Crippen molar-refractivity contribution >= 4 is 11.6 Å². The van der Waals surface area contributed by atoms with E-state index in [1.807, 2.05) is 6.08 Å². The molecule has 2 bridgehead atoms. The molecule has 26 heavy (non-hydrogen) atoms. The number of Topliss-reactive ketones (excluding diaryl/α,β-unsaturated/α-hetero) is 1. The lowest BCUT2D eigenvalue weighted by atomic mass is 9.45. The SMILES string of the molecule is C[C@H](O)C(=O)C12CCC3(CC1)[C@@H]1CCC4=CC(=O)CC[C@@H]4[C@H]1CC[C@]23C. The Kier molecular flexibility index (Phi) is 3.50. The van der Waals surface area contributed by atoms with Gasteiger partial charge in [0.25, 0.3) is 0 Å². The fourth-order valence-electron chi connectivity index (χ4n) is 8.87. The maximum atomic E-state index is 13.1. The van der Waals surface area contributed by atoms with Crippen molar-refractivity contribution in [3.63, 3.8) is 0 Å². The highest BCUT2D eigenvalue weighted by Gasteiger charge is 2.75. The van der Waals surface area contributed by atoms with Crippen molar-refractivity contribution in [3.05, 3.63) is 11.6 Å². The van der Waals surface area contributed by atoms with E-state index in [4.69, 9.17) is 0 Å². The first-order valence-corrected chi connectivity index (χ1v) is 10.8. The van der Waals surface area contributed by atoms with Gasteiger partial charge in [-0.3, -0.25) is 9.59 Å². The van der Waals surface area contributed by atoms with E-state index < -0.39 is 6.10 Å². The van der Waals surface area contributed by atoms with Crippen molar-refractivity contribution in [2.75, 3.05) is 0 Å². The van der Waals surface area contributed by atoms with Crippen LogP contribution in [0.25, 0.3) is 0 Å². The smallest absolute Gasteiger partial charge is 0.167 e. The van der Waals surface area contributed by atoms with Crippen LogP contribution >= 0.6 is 0 Å². The summed E-state index contributed by atoms with van der Waals surface area (Å²) in [4.78, 5) is 25.0. The third-order valence-electron chi connectivity index (χ3n) is 9.99. The van der Waals surface area contributed by atoms with E-state index in [9.17, 15) is 14.7 Å². The summed E-state index contributed by atoms with van der Waals surface area (Å²) < 4.78 is 0. The summed E-state index contributed by atoms with van der Waals surface area (Å²) in [6, 6.07) is 0. The van der Waals surface area contributed by atoms with Gasteiger partial charge >= 0.3 is 0 Å². The number of allylic oxidation sites excluding steroid dienone is 1. The molecule has 1 N–H and O–H groups in total. The molecular formula is C23H32O3. The lowest BCUT2D eigenvalue weighted by Gasteiger charge is -2.59. The van der Waals surface area contributed by atoms with Gasteiger partial charge in [0, 0.05) is 11.8 Å². The summed E-state index contributed by atoms with van der Waals surface area (Å²) in [5.74, 6) is 2.50. The van der Waals surface area contributed by atoms with Crippen LogP contribution in [-0.2, 0) is 9.59 Å². The Morgan fingerprint density at radius 2 is 1.85 bits per heavy atom. The molecule has 0 aromatic heterocycles. The molecule has 0 aliphatic heterocycles. The quantitative estimate of drug-likeness (QED) is 0.805. The Bertz CT molecular complexity index is 694. The average molecular weight is 357 g/mol. The number of carbonyl (C=O) groups is 2. The molecule has 0 aromatic rings. The molecule has 0 heterocycles. The molecule has 3 heteroatoms. The van der Waals surface area contributed by atoms with Crippen molar-refractivity contribution in [2.45, 2.75) is 84.2 Å². The fourth-order valence-corrected chi connectivity index (χ4v) is 8.87. The van der Waals surface area contributed by atoms with E-state index in [1.54, 1.807) is 6.92 Å². The molecule has 5 atom stereocenters. The first-order valence-electron chi connectivity index (χ1n) is 10.8. The number of rotatable bonds is 2. The number of aliphatic hydroxyl groups is 1. The minimum Gasteiger partial charge on any atom is -0.386 e. The van der Waals surface area contributed by atoms with E-state index in [2.05, 4.69) is 6.92 Å². The molecule has 0 radical (unpaired) electrons. The van der Waals surface area contributed by atoms with E-state index in [1.165, 1.54) is 31.3 Å². The number of fused-ring (bicyclic) bond motifs is 3. The Hall–Kier alpha value is -0.960. The predicted octanol–water partition coefficient (Wildman–Crippen LogP) is 4.23. The minimum atomic E-state index is -0.830. The van der Waals surface area contributed by atoms with Gasteiger partial charge in [-0.05, 0) is 99.4 Å². The first kappa shape index (κ1) is 17.2. The van der Waals surface area contributed by atoms with E-state index >= 15 is 0 Å². The van der Waals surface area contributed by atoms with Gasteiger partial charge in [-0.25, -0.2) is 0 Å². The third-order valence-corrected chi connectivity index (χ3v) is 9.99. The summed E-state index contributed by atoms with van der Waals surface area (Å²) in [5.41, 5.74) is 1.53. The van der Waals surface area contributed by atoms with Gasteiger partial charge in [0.05, 0.1) is 0 Å². The van der Waals surface area contributed by atoms with Crippen LogP contribution in [0, 0.1) is 34.0 Å². The lowest BCUT2D eigenvalue weighted by Crippen LogP contribution is -2.54. The van der Waals surface area contributed by atoms with Crippen LogP contribution in [-0.4, -0.2) is 22.8 Å². The zero-order valence-electron chi connectivity index (χ0n) is 16.2. The normalized spacial score (nSPS) is 50.5. The number of carbonyl (C=O) groups excluding carboxylic acids is 2. The molecule has 5 rings (SSSR count). The number of ketones is 2. The number of hydrogen-bond donors (Lipinski definition) is 1. The van der Waals surface area contributed by atoms with Crippen molar-refractivity contribution in [1.82, 2.24) is 0 Å². The molecular weight excluding hydrogens is 324 g/mol. The molecule has 5 aliphatic rings. The van der Waals surface area contributed by atoms with Crippen LogP contribution in [0.1, 0.15) is 78.1 Å². The largest absolute Gasteiger partial charge is 0.386 e. The van der Waals surface area contributed by atoms with Gasteiger partial charge in [-0.15, -0.1) is 0 Å². The van der Waals surface area contributed by atoms with Crippen molar-refractivity contribution in [1.29, 1.82) is 0 Å². The molecule has 0 amide bonds. The lowest BCUT2D eigenvalue weighted by molar-refractivity contribution is -0.148. The molecule has 0 saturated heterocycles. The second-order valence-corrected chi connectivity index (χ2v) is 10.3. The Balaban J connectivity index is 1.53. The molecule has 4 fully saturated rings. The zero-order chi connectivity index (χ0) is 18.3. The van der Waals surface area contributed by atoms with Gasteiger partial charge < -0.3 is 5.11 Å². The van der Waals surface area contributed by atoms with Gasteiger partial charge in [0.2, 0.25) is 0 Å². The standard InChI is InChI=1S/C23H32O3/c1-14(24)20(26)23-11-9-22(10-12-23)19-6-3-15-13-16(25)4-5-17(15)18(19)7-8-21(22,23)2/h13-14,17-19,24H,3-12H2,1-2H3/t14-,17-,18+,19+,21-,22?,23?/m0/s1. The molecule has 0 unspecified atom stereocenters. The Labute approximate surface area is 156 Å². The first-order chi connectivity index (χ1) is 12.3. The van der Waals surface area contributed by atoms with Gasteiger partial charge in [0.1, 0.15) is 6.10 Å². The van der Waals surface area contributed by atoms with Gasteiger partial charge in [-0.1, -0.05) is 12.5 Å². The average Bonchev–Trinajstić information content (AvgIpc) is 3.05. The maximum absolute atomic E-state index is 13.1. The van der Waals surface area contributed by atoms with Crippen LogP contribution in [0.15, 0.2) is 11.6 Å². The fraction of sp³-hybridized carbons (Fsp3) is 0.826. The Morgan fingerprint density at radius 3 is 2.54 bits per heavy atom. The summed E-state index contributed by atoms with van der Waals surface area (Å²) in [6.07, 6.45) is 11.9. The zero-order valence-corrected chi connectivity index (χ0v) is 16.2. The van der Waals surface area contributed by atoms with Gasteiger partial charge in [-0.2, -0.15) is 0 Å². The third kappa shape index (κ3) is 1.79. The van der Waals surface area contributed by atoms with E-state index in [0.29, 0.717) is 29.0 Å². The van der Waals surface area contributed by atoms with Crippen molar-refractivity contribution < 1.29 is 14.7 Å². The van der Waals surface area contributed by atoms with Crippen LogP contribution in [0.3, 0.4) is 0 Å². The van der Waals surface area contributed by atoms with Crippen molar-refractivity contribution in [2.24, 2.45) is 34.0 Å². The van der Waals surface area contributed by atoms with Crippen LogP contribution < -0.4 is 0 Å². The number of hydrogen-bond acceptors (Lipinski definition) is 3. The summed E-state index contributed by atoms with van der Waals surface area (Å²) in [5, 5.41) is 10.1. The van der Waals surface area contributed by atoms with Crippen LogP contribution in [0.5, 0.6) is 0 Å². The monoisotopic (exact) mass is 356 g/mol.